The molecular formula is C12H18N2O2. The normalized spacial score (nSPS) is 10.4. The monoisotopic (exact) mass is 222 g/mol. The summed E-state index contributed by atoms with van der Waals surface area (Å²) in [5.41, 5.74) is 1.07. The summed E-state index contributed by atoms with van der Waals surface area (Å²) in [6.07, 6.45) is 2.31. The average molecular weight is 222 g/mol. The zero-order valence-corrected chi connectivity index (χ0v) is 9.77. The Morgan fingerprint density at radius 2 is 1.94 bits per heavy atom. The van der Waals surface area contributed by atoms with Crippen molar-refractivity contribution in [1.29, 1.82) is 0 Å². The van der Waals surface area contributed by atoms with Gasteiger partial charge in [-0.05, 0) is 30.9 Å². The number of hydrogen-bond acceptors (Lipinski definition) is 3. The van der Waals surface area contributed by atoms with Crippen LogP contribution in [0.4, 0.5) is 11.4 Å². The fraction of sp³-hybridized carbons (Fsp3) is 0.500. The van der Waals surface area contributed by atoms with Gasteiger partial charge in [0.15, 0.2) is 0 Å². The van der Waals surface area contributed by atoms with Gasteiger partial charge in [-0.15, -0.1) is 0 Å². The molecule has 0 radical (unpaired) electrons. The van der Waals surface area contributed by atoms with Crippen LogP contribution in [0.25, 0.3) is 0 Å². The van der Waals surface area contributed by atoms with E-state index in [0.717, 1.165) is 24.6 Å². The number of nitrogens with zero attached hydrogens (tertiary/aromatic N) is 1. The van der Waals surface area contributed by atoms with Gasteiger partial charge in [-0.1, -0.05) is 13.8 Å². The molecule has 1 N–H and O–H groups in total. The molecule has 0 bridgehead atoms. The number of anilines is 1. The molecule has 0 fully saturated rings. The highest BCUT2D eigenvalue weighted by molar-refractivity contribution is 5.48. The van der Waals surface area contributed by atoms with Crippen LogP contribution in [0.15, 0.2) is 24.3 Å². The molecule has 1 aromatic rings. The Kier molecular flexibility index (Phi) is 4.76. The van der Waals surface area contributed by atoms with Gasteiger partial charge < -0.3 is 5.32 Å². The van der Waals surface area contributed by atoms with E-state index in [1.165, 1.54) is 18.6 Å². The molecule has 0 aromatic heterocycles. The highest BCUT2D eigenvalue weighted by atomic mass is 16.6. The smallest absolute Gasteiger partial charge is 0.269 e. The molecule has 16 heavy (non-hydrogen) atoms. The SMILES string of the molecule is CC(C)CCCNc1ccc([N+](=O)[O-])cc1. The van der Waals surface area contributed by atoms with Crippen molar-refractivity contribution in [3.8, 4) is 0 Å². The summed E-state index contributed by atoms with van der Waals surface area (Å²) in [6, 6.07) is 6.52. The van der Waals surface area contributed by atoms with Gasteiger partial charge >= 0.3 is 0 Å². The summed E-state index contributed by atoms with van der Waals surface area (Å²) in [5, 5.41) is 13.7. The Morgan fingerprint density at radius 1 is 1.31 bits per heavy atom. The lowest BCUT2D eigenvalue weighted by atomic mass is 10.1. The van der Waals surface area contributed by atoms with E-state index >= 15 is 0 Å². The summed E-state index contributed by atoms with van der Waals surface area (Å²) in [5.74, 6) is 0.721. The minimum absolute atomic E-state index is 0.132. The van der Waals surface area contributed by atoms with Crippen molar-refractivity contribution in [3.05, 3.63) is 34.4 Å². The van der Waals surface area contributed by atoms with Gasteiger partial charge in [0.25, 0.3) is 5.69 Å². The molecule has 0 unspecified atom stereocenters. The molecule has 0 aliphatic heterocycles. The van der Waals surface area contributed by atoms with Crippen LogP contribution in [0.3, 0.4) is 0 Å². The van der Waals surface area contributed by atoms with Crippen LogP contribution in [-0.2, 0) is 0 Å². The second kappa shape index (κ2) is 6.10. The van der Waals surface area contributed by atoms with Gasteiger partial charge in [0.2, 0.25) is 0 Å². The quantitative estimate of drug-likeness (QED) is 0.455. The van der Waals surface area contributed by atoms with Crippen LogP contribution in [-0.4, -0.2) is 11.5 Å². The first-order valence-electron chi connectivity index (χ1n) is 5.58. The Bertz CT molecular complexity index is 333. The largest absolute Gasteiger partial charge is 0.385 e. The lowest BCUT2D eigenvalue weighted by Gasteiger charge is -2.07. The lowest BCUT2D eigenvalue weighted by molar-refractivity contribution is -0.384. The van der Waals surface area contributed by atoms with E-state index < -0.39 is 0 Å². The van der Waals surface area contributed by atoms with Gasteiger partial charge in [-0.25, -0.2) is 0 Å². The van der Waals surface area contributed by atoms with E-state index in [0.29, 0.717) is 0 Å². The minimum atomic E-state index is -0.386. The third-order valence-electron chi connectivity index (χ3n) is 2.37. The Hall–Kier alpha value is -1.58. The molecule has 0 amide bonds. The maximum atomic E-state index is 10.4. The number of benzene rings is 1. The van der Waals surface area contributed by atoms with Gasteiger partial charge in [0.05, 0.1) is 4.92 Å². The highest BCUT2D eigenvalue weighted by Crippen LogP contribution is 2.15. The van der Waals surface area contributed by atoms with Crippen LogP contribution >= 0.6 is 0 Å². The molecule has 0 aliphatic carbocycles. The number of nitro benzene ring substituents is 1. The van der Waals surface area contributed by atoms with Crippen molar-refractivity contribution in [2.24, 2.45) is 5.92 Å². The molecule has 0 spiro atoms. The van der Waals surface area contributed by atoms with Crippen molar-refractivity contribution >= 4 is 11.4 Å². The van der Waals surface area contributed by atoms with Gasteiger partial charge in [0, 0.05) is 24.4 Å². The van der Waals surface area contributed by atoms with E-state index in [1.807, 2.05) is 0 Å². The van der Waals surface area contributed by atoms with E-state index in [1.54, 1.807) is 12.1 Å². The van der Waals surface area contributed by atoms with Crippen LogP contribution in [0.5, 0.6) is 0 Å². The first kappa shape index (κ1) is 12.5. The number of hydrogen-bond donors (Lipinski definition) is 1. The molecule has 0 heterocycles. The van der Waals surface area contributed by atoms with E-state index in [-0.39, 0.29) is 10.6 Å². The fourth-order valence-corrected chi connectivity index (χ4v) is 1.44. The first-order valence-corrected chi connectivity index (χ1v) is 5.58. The average Bonchev–Trinajstić information content (AvgIpc) is 2.25. The zero-order chi connectivity index (χ0) is 12.0. The third-order valence-corrected chi connectivity index (χ3v) is 2.37. The van der Waals surface area contributed by atoms with Gasteiger partial charge in [0.1, 0.15) is 0 Å². The maximum absolute atomic E-state index is 10.4. The van der Waals surface area contributed by atoms with Gasteiger partial charge in [-0.3, -0.25) is 10.1 Å². The maximum Gasteiger partial charge on any atom is 0.269 e. The van der Waals surface area contributed by atoms with E-state index in [9.17, 15) is 10.1 Å². The summed E-state index contributed by atoms with van der Waals surface area (Å²) < 4.78 is 0. The van der Waals surface area contributed by atoms with Crippen LogP contribution < -0.4 is 5.32 Å². The molecule has 88 valence electrons. The number of non-ortho nitro benzene ring substituents is 1. The fourth-order valence-electron chi connectivity index (χ4n) is 1.44. The van der Waals surface area contributed by atoms with Crippen molar-refractivity contribution in [1.82, 2.24) is 0 Å². The Labute approximate surface area is 95.8 Å². The van der Waals surface area contributed by atoms with Crippen molar-refractivity contribution in [3.63, 3.8) is 0 Å². The molecule has 4 nitrogen and oxygen atoms in total. The van der Waals surface area contributed by atoms with Crippen molar-refractivity contribution < 1.29 is 4.92 Å². The number of nitrogens with one attached hydrogen (secondary N) is 1. The number of rotatable bonds is 6. The van der Waals surface area contributed by atoms with E-state index in [4.69, 9.17) is 0 Å². The first-order chi connectivity index (χ1) is 7.59. The number of nitro groups is 1. The summed E-state index contributed by atoms with van der Waals surface area (Å²) >= 11 is 0. The highest BCUT2D eigenvalue weighted by Gasteiger charge is 2.03. The lowest BCUT2D eigenvalue weighted by Crippen LogP contribution is -2.02. The molecule has 0 atom stereocenters. The molecule has 4 heteroatoms. The summed E-state index contributed by atoms with van der Waals surface area (Å²) in [4.78, 5) is 10.0. The summed E-state index contributed by atoms with van der Waals surface area (Å²) in [6.45, 7) is 5.31. The second-order valence-electron chi connectivity index (χ2n) is 4.27. The molecule has 0 saturated heterocycles. The van der Waals surface area contributed by atoms with Crippen molar-refractivity contribution in [2.75, 3.05) is 11.9 Å². The van der Waals surface area contributed by atoms with Crippen LogP contribution in [0.2, 0.25) is 0 Å². The Balaban J connectivity index is 2.35. The van der Waals surface area contributed by atoms with E-state index in [2.05, 4.69) is 19.2 Å². The van der Waals surface area contributed by atoms with Crippen LogP contribution in [0, 0.1) is 16.0 Å². The molecular weight excluding hydrogens is 204 g/mol. The second-order valence-corrected chi connectivity index (χ2v) is 4.27. The predicted molar refractivity (Wildman–Crippen MR) is 65.7 cm³/mol. The molecule has 1 rings (SSSR count). The predicted octanol–water partition coefficient (Wildman–Crippen LogP) is 3.44. The molecule has 1 aromatic carbocycles. The zero-order valence-electron chi connectivity index (χ0n) is 9.77. The summed E-state index contributed by atoms with van der Waals surface area (Å²) in [7, 11) is 0. The molecule has 0 saturated carbocycles. The van der Waals surface area contributed by atoms with Crippen LogP contribution in [0.1, 0.15) is 26.7 Å². The van der Waals surface area contributed by atoms with Gasteiger partial charge in [-0.2, -0.15) is 0 Å². The Morgan fingerprint density at radius 3 is 2.44 bits per heavy atom. The topological polar surface area (TPSA) is 55.2 Å². The standard InChI is InChI=1S/C12H18N2O2/c1-10(2)4-3-9-13-11-5-7-12(8-6-11)14(15)16/h5-8,10,13H,3-4,9H2,1-2H3. The molecule has 0 aliphatic rings. The minimum Gasteiger partial charge on any atom is -0.385 e. The van der Waals surface area contributed by atoms with Crippen molar-refractivity contribution in [2.45, 2.75) is 26.7 Å². The third kappa shape index (κ3) is 4.29.